The molecule has 0 fully saturated rings. The summed E-state index contributed by atoms with van der Waals surface area (Å²) in [6.45, 7) is 7.58. The molecule has 52 heavy (non-hydrogen) atoms. The quantitative estimate of drug-likeness (QED) is 0.101. The summed E-state index contributed by atoms with van der Waals surface area (Å²) < 4.78 is 6.09. The van der Waals surface area contributed by atoms with E-state index in [-0.39, 0.29) is 47.5 Å². The largest absolute Gasteiger partial charge is 0.388 e. The Balaban J connectivity index is 1.33. The van der Waals surface area contributed by atoms with Crippen molar-refractivity contribution in [2.75, 3.05) is 10.6 Å². The number of aliphatic hydroxyl groups excluding tert-OH is 2. The zero-order valence-corrected chi connectivity index (χ0v) is 28.9. The summed E-state index contributed by atoms with van der Waals surface area (Å²) in [5.74, 6) is -2.29. The maximum atomic E-state index is 13.4. The summed E-state index contributed by atoms with van der Waals surface area (Å²) in [5.41, 5.74) is 14.7. The Morgan fingerprint density at radius 2 is 1.06 bits per heavy atom. The number of imidazole rings is 2. The van der Waals surface area contributed by atoms with Gasteiger partial charge in [-0.05, 0) is 76.2 Å². The number of nitrogens with two attached hydrogens (primary N) is 2. The molecule has 0 saturated heterocycles. The highest BCUT2D eigenvalue weighted by atomic mass is 16.3. The van der Waals surface area contributed by atoms with E-state index in [1.165, 1.54) is 42.8 Å². The van der Waals surface area contributed by atoms with Gasteiger partial charge in [0.2, 0.25) is 23.7 Å². The molecule has 8 N–H and O–H groups in total. The number of anilines is 2. The Kier molecular flexibility index (Phi) is 9.59. The zero-order valence-electron chi connectivity index (χ0n) is 28.9. The molecule has 0 aliphatic carbocycles. The molecule has 4 aromatic heterocycles. The molecule has 2 aromatic carbocycles. The molecule has 0 saturated carbocycles. The molecule has 4 heterocycles. The van der Waals surface area contributed by atoms with E-state index in [9.17, 15) is 29.4 Å². The predicted molar refractivity (Wildman–Crippen MR) is 190 cm³/mol. The average molecular weight is 711 g/mol. The molecule has 270 valence electrons. The number of carbonyl (C=O) groups excluding carboxylic acids is 4. The van der Waals surface area contributed by atoms with Crippen molar-refractivity contribution >= 4 is 57.6 Å². The van der Waals surface area contributed by atoms with Gasteiger partial charge in [-0.3, -0.25) is 39.2 Å². The smallest absolute Gasteiger partial charge is 0.276 e. The van der Waals surface area contributed by atoms with Gasteiger partial charge in [0, 0.05) is 24.2 Å². The summed E-state index contributed by atoms with van der Waals surface area (Å²) in [4.78, 5) is 59.7. The van der Waals surface area contributed by atoms with Crippen LogP contribution in [0.5, 0.6) is 0 Å². The molecule has 2 atom stereocenters. The molecule has 0 aliphatic heterocycles. The van der Waals surface area contributed by atoms with Gasteiger partial charge >= 0.3 is 0 Å². The molecule has 0 bridgehead atoms. The number of amides is 4. The van der Waals surface area contributed by atoms with Crippen molar-refractivity contribution in [3.63, 3.8) is 0 Å². The van der Waals surface area contributed by atoms with Crippen LogP contribution in [-0.4, -0.2) is 84.7 Å². The van der Waals surface area contributed by atoms with Gasteiger partial charge in [0.25, 0.3) is 11.8 Å². The predicted octanol–water partition coefficient (Wildman–Crippen LogP) is 1.56. The van der Waals surface area contributed by atoms with Crippen molar-refractivity contribution in [1.82, 2.24) is 38.7 Å². The van der Waals surface area contributed by atoms with Crippen molar-refractivity contribution in [3.8, 4) is 0 Å². The van der Waals surface area contributed by atoms with Crippen LogP contribution in [0.2, 0.25) is 0 Å². The molecular weight excluding hydrogens is 672 g/mol. The van der Waals surface area contributed by atoms with Crippen LogP contribution in [-0.2, 0) is 26.2 Å². The van der Waals surface area contributed by atoms with E-state index in [1.807, 2.05) is 13.8 Å². The fourth-order valence-electron chi connectivity index (χ4n) is 6.01. The van der Waals surface area contributed by atoms with Gasteiger partial charge in [0.05, 0.1) is 58.8 Å². The van der Waals surface area contributed by atoms with Gasteiger partial charge in [-0.25, -0.2) is 9.97 Å². The Bertz CT molecular complexity index is 2200. The van der Waals surface area contributed by atoms with Crippen LogP contribution in [0.3, 0.4) is 0 Å². The van der Waals surface area contributed by atoms with E-state index in [0.29, 0.717) is 46.5 Å². The third kappa shape index (κ3) is 6.83. The second-order valence-electron chi connectivity index (χ2n) is 12.2. The van der Waals surface area contributed by atoms with Crippen LogP contribution in [0.25, 0.3) is 22.1 Å². The topological polar surface area (TPSA) is 256 Å². The lowest BCUT2D eigenvalue weighted by Gasteiger charge is -2.22. The first-order valence-electron chi connectivity index (χ1n) is 16.5. The van der Waals surface area contributed by atoms with Crippen LogP contribution in [0, 0.1) is 13.8 Å². The van der Waals surface area contributed by atoms with Gasteiger partial charge < -0.3 is 30.8 Å². The van der Waals surface area contributed by atoms with E-state index in [0.717, 1.165) is 0 Å². The third-order valence-electron chi connectivity index (χ3n) is 8.57. The number of hydrogen-bond donors (Lipinski definition) is 6. The minimum Gasteiger partial charge on any atom is -0.388 e. The van der Waals surface area contributed by atoms with E-state index in [2.05, 4.69) is 30.8 Å². The first kappa shape index (κ1) is 35.4. The van der Waals surface area contributed by atoms with Crippen molar-refractivity contribution in [1.29, 1.82) is 0 Å². The minimum absolute atomic E-state index is 0.0391. The number of benzene rings is 2. The molecule has 0 unspecified atom stereocenters. The number of aryl methyl sites for hydroxylation is 4. The Morgan fingerprint density at radius 3 is 1.40 bits per heavy atom. The second kappa shape index (κ2) is 14.1. The molecular formula is C34H38N12O6. The fraction of sp³-hybridized carbons (Fsp3) is 0.294. The van der Waals surface area contributed by atoms with E-state index in [4.69, 9.17) is 11.5 Å². The normalized spacial score (nSPS) is 12.7. The van der Waals surface area contributed by atoms with Crippen molar-refractivity contribution in [2.24, 2.45) is 11.5 Å². The number of primary amides is 2. The van der Waals surface area contributed by atoms with Crippen molar-refractivity contribution in [3.05, 3.63) is 82.4 Å². The molecule has 0 radical (unpaired) electrons. The highest BCUT2D eigenvalue weighted by molar-refractivity contribution is 6.04. The van der Waals surface area contributed by atoms with Crippen LogP contribution >= 0.6 is 0 Å². The first-order chi connectivity index (χ1) is 24.8. The lowest BCUT2D eigenvalue weighted by Crippen LogP contribution is -2.35. The number of carbonyl (C=O) groups is 4. The van der Waals surface area contributed by atoms with E-state index < -0.39 is 35.8 Å². The number of nitrogens with zero attached hydrogens (tertiary/aromatic N) is 8. The maximum Gasteiger partial charge on any atom is 0.276 e. The molecule has 18 heteroatoms. The third-order valence-corrected chi connectivity index (χ3v) is 8.57. The Hall–Kier alpha value is -6.40. The second-order valence-corrected chi connectivity index (χ2v) is 12.2. The monoisotopic (exact) mass is 710 g/mol. The summed E-state index contributed by atoms with van der Waals surface area (Å²) in [7, 11) is 0. The highest BCUT2D eigenvalue weighted by Crippen LogP contribution is 2.26. The van der Waals surface area contributed by atoms with E-state index in [1.54, 1.807) is 38.1 Å². The van der Waals surface area contributed by atoms with Crippen LogP contribution in [0.15, 0.2) is 48.5 Å². The molecule has 0 spiro atoms. The number of aromatic nitrogens is 8. The summed E-state index contributed by atoms with van der Waals surface area (Å²) in [6, 6.07) is 12.3. The lowest BCUT2D eigenvalue weighted by atomic mass is 10.1. The number of fused-ring (bicyclic) bond motifs is 2. The van der Waals surface area contributed by atoms with Crippen LogP contribution in [0.4, 0.5) is 11.9 Å². The zero-order chi connectivity index (χ0) is 37.4. The highest BCUT2D eigenvalue weighted by Gasteiger charge is 2.26. The van der Waals surface area contributed by atoms with Crippen LogP contribution < -0.4 is 22.1 Å². The standard InChI is InChI=1S/C34H38N12O6/c1-5-45-25(11-17(3)41-45)31(51)39-33-37-21-13-19(29(35)49)7-9-23(21)43(33)15-27(47)28(48)16-44-24-10-8-20(30(36)50)14-22(24)38-34(44)40-32(52)26-12-18(4)42-46(26)6-2/h7-14,27-28,47-48H,5-6,15-16H2,1-4H3,(H2,35,49)(H2,36,50)(H,37,39,51)(H,38,40,52)/t27-,28-/m1/s1. The van der Waals surface area contributed by atoms with Crippen molar-refractivity contribution < 1.29 is 29.4 Å². The molecule has 6 rings (SSSR count). The Labute approximate surface area is 296 Å². The van der Waals surface area contributed by atoms with Crippen molar-refractivity contribution in [2.45, 2.75) is 66.1 Å². The fourth-order valence-corrected chi connectivity index (χ4v) is 6.01. The molecule has 0 aliphatic rings. The number of nitrogens with one attached hydrogen (secondary N) is 2. The number of hydrogen-bond acceptors (Lipinski definition) is 10. The van der Waals surface area contributed by atoms with Gasteiger partial charge in [-0.2, -0.15) is 10.2 Å². The number of rotatable bonds is 13. The summed E-state index contributed by atoms with van der Waals surface area (Å²) >= 11 is 0. The minimum atomic E-state index is -1.47. The molecule has 6 aromatic rings. The van der Waals surface area contributed by atoms with Crippen LogP contribution in [0.1, 0.15) is 66.9 Å². The Morgan fingerprint density at radius 1 is 0.673 bits per heavy atom. The maximum absolute atomic E-state index is 13.4. The van der Waals surface area contributed by atoms with E-state index >= 15 is 0 Å². The average Bonchev–Trinajstić information content (AvgIpc) is 3.86. The SMILES string of the molecule is CCn1nc(C)cc1C(=O)Nc1nc2cc(C(N)=O)ccc2n1C[C@@H](O)[C@H](O)Cn1c(NC(=O)c2cc(C)nn2CC)nc2cc(C(N)=O)ccc21. The van der Waals surface area contributed by atoms with Gasteiger partial charge in [0.15, 0.2) is 0 Å². The van der Waals surface area contributed by atoms with Gasteiger partial charge in [-0.1, -0.05) is 0 Å². The first-order valence-corrected chi connectivity index (χ1v) is 16.5. The molecule has 18 nitrogen and oxygen atoms in total. The molecule has 4 amide bonds. The summed E-state index contributed by atoms with van der Waals surface area (Å²) in [6.07, 6.45) is -2.94. The summed E-state index contributed by atoms with van der Waals surface area (Å²) in [5, 5.41) is 37.1. The lowest BCUT2D eigenvalue weighted by molar-refractivity contribution is 0.00174. The number of aliphatic hydroxyl groups is 2. The van der Waals surface area contributed by atoms with Gasteiger partial charge in [-0.15, -0.1) is 0 Å². The van der Waals surface area contributed by atoms with Gasteiger partial charge in [0.1, 0.15) is 11.4 Å².